The number of nitrogens with zero attached hydrogens (tertiary/aromatic N) is 1. The summed E-state index contributed by atoms with van der Waals surface area (Å²) < 4.78 is 39.8. The highest BCUT2D eigenvalue weighted by Crippen LogP contribution is 2.37. The van der Waals surface area contributed by atoms with E-state index in [9.17, 15) is 13.6 Å². The Morgan fingerprint density at radius 1 is 1.07 bits per heavy atom. The molecule has 2 aromatic rings. The second-order valence-corrected chi connectivity index (χ2v) is 9.06. The molecular weight excluding hydrogens is 375 g/mol. The Morgan fingerprint density at radius 3 is 2.41 bits per heavy atom. The fraction of sp³-hybridized carbons (Fsp3) is 0.500. The van der Waals surface area contributed by atoms with E-state index in [0.29, 0.717) is 18.5 Å². The third-order valence-electron chi connectivity index (χ3n) is 6.35. The highest BCUT2D eigenvalue weighted by atomic mass is 19.3. The lowest BCUT2D eigenvalue weighted by Gasteiger charge is -2.32. The van der Waals surface area contributed by atoms with Crippen molar-refractivity contribution in [1.82, 2.24) is 4.90 Å². The lowest BCUT2D eigenvalue weighted by atomic mass is 9.76. The van der Waals surface area contributed by atoms with Gasteiger partial charge in [0.25, 0.3) is 11.8 Å². The Hall–Kier alpha value is -1.99. The van der Waals surface area contributed by atoms with Crippen LogP contribution in [-0.2, 0) is 9.31 Å². The Kier molecular flexibility index (Phi) is 4.74. The van der Waals surface area contributed by atoms with Gasteiger partial charge < -0.3 is 14.2 Å². The van der Waals surface area contributed by atoms with E-state index < -0.39 is 30.8 Å². The summed E-state index contributed by atoms with van der Waals surface area (Å²) in [5.41, 5.74) is 0.413. The minimum Gasteiger partial charge on any atom is -0.399 e. The van der Waals surface area contributed by atoms with E-state index >= 15 is 0 Å². The van der Waals surface area contributed by atoms with Crippen molar-refractivity contribution in [2.24, 2.45) is 0 Å². The van der Waals surface area contributed by atoms with Crippen LogP contribution in [-0.4, -0.2) is 48.1 Å². The molecule has 0 bridgehead atoms. The van der Waals surface area contributed by atoms with Gasteiger partial charge in [-0.3, -0.25) is 4.79 Å². The van der Waals surface area contributed by atoms with Crippen molar-refractivity contribution in [2.45, 2.75) is 57.7 Å². The number of benzene rings is 2. The predicted octanol–water partition coefficient (Wildman–Crippen LogP) is 4.01. The molecule has 0 atom stereocenters. The standard InChI is InChI=1S/C22H26BF2NO3/c1-20(2)21(3,4)29-23(28-20)18-8-5-7-15-13-16(9-10-17(15)18)19(27)26-12-6-11-22(24,25)14-26/h5,7-10,13H,6,11-12,14H2,1-4H3. The molecule has 2 aromatic carbocycles. The molecule has 29 heavy (non-hydrogen) atoms. The number of likely N-dealkylation sites (tertiary alicyclic amines) is 1. The lowest BCUT2D eigenvalue weighted by Crippen LogP contribution is -2.45. The van der Waals surface area contributed by atoms with Crippen LogP contribution in [0.2, 0.25) is 0 Å². The summed E-state index contributed by atoms with van der Waals surface area (Å²) in [6, 6.07) is 11.1. The molecular formula is C22H26BF2NO3. The molecule has 7 heteroatoms. The molecule has 154 valence electrons. The van der Waals surface area contributed by atoms with E-state index in [2.05, 4.69) is 0 Å². The minimum atomic E-state index is -2.81. The van der Waals surface area contributed by atoms with Crippen molar-refractivity contribution in [3.8, 4) is 0 Å². The fourth-order valence-corrected chi connectivity index (χ4v) is 3.94. The van der Waals surface area contributed by atoms with E-state index in [0.717, 1.165) is 16.2 Å². The molecule has 4 rings (SSSR count). The number of hydrogen-bond donors (Lipinski definition) is 0. The van der Waals surface area contributed by atoms with Crippen LogP contribution < -0.4 is 5.46 Å². The van der Waals surface area contributed by atoms with E-state index in [-0.39, 0.29) is 12.3 Å². The van der Waals surface area contributed by atoms with Gasteiger partial charge >= 0.3 is 7.12 Å². The van der Waals surface area contributed by atoms with E-state index in [1.807, 2.05) is 52.0 Å². The maximum Gasteiger partial charge on any atom is 0.495 e. The minimum absolute atomic E-state index is 0.161. The van der Waals surface area contributed by atoms with Crippen LogP contribution in [0.1, 0.15) is 50.9 Å². The van der Waals surface area contributed by atoms with Crippen LogP contribution in [0.15, 0.2) is 36.4 Å². The molecule has 2 heterocycles. The Balaban J connectivity index is 1.64. The molecule has 0 N–H and O–H groups in total. The van der Waals surface area contributed by atoms with Crippen molar-refractivity contribution in [3.05, 3.63) is 42.0 Å². The zero-order valence-electron chi connectivity index (χ0n) is 17.3. The van der Waals surface area contributed by atoms with Crippen molar-refractivity contribution in [2.75, 3.05) is 13.1 Å². The number of rotatable bonds is 2. The number of carbonyl (C=O) groups excluding carboxylic acids is 1. The normalized spacial score (nSPS) is 22.8. The molecule has 1 amide bonds. The zero-order chi connectivity index (χ0) is 21.0. The highest BCUT2D eigenvalue weighted by molar-refractivity contribution is 6.65. The second-order valence-electron chi connectivity index (χ2n) is 9.06. The number of fused-ring (bicyclic) bond motifs is 1. The van der Waals surface area contributed by atoms with Crippen LogP contribution >= 0.6 is 0 Å². The van der Waals surface area contributed by atoms with Crippen LogP contribution in [0.3, 0.4) is 0 Å². The molecule has 2 saturated heterocycles. The zero-order valence-corrected chi connectivity index (χ0v) is 17.3. The number of alkyl halides is 2. The molecule has 2 aliphatic heterocycles. The van der Waals surface area contributed by atoms with Crippen LogP contribution in [0.25, 0.3) is 10.8 Å². The first-order chi connectivity index (χ1) is 13.5. The quantitative estimate of drug-likeness (QED) is 0.714. The van der Waals surface area contributed by atoms with Crippen LogP contribution in [0.5, 0.6) is 0 Å². The molecule has 0 spiro atoms. The summed E-state index contributed by atoms with van der Waals surface area (Å²) in [5, 5.41) is 1.78. The van der Waals surface area contributed by atoms with Crippen molar-refractivity contribution in [3.63, 3.8) is 0 Å². The molecule has 0 unspecified atom stereocenters. The van der Waals surface area contributed by atoms with E-state index in [1.54, 1.807) is 12.1 Å². The van der Waals surface area contributed by atoms with Crippen LogP contribution in [0, 0.1) is 0 Å². The molecule has 0 aliphatic carbocycles. The van der Waals surface area contributed by atoms with Crippen molar-refractivity contribution >= 4 is 29.3 Å². The Morgan fingerprint density at radius 2 is 1.76 bits per heavy atom. The highest BCUT2D eigenvalue weighted by Gasteiger charge is 2.52. The van der Waals surface area contributed by atoms with Crippen molar-refractivity contribution < 1.29 is 22.9 Å². The number of amides is 1. The average molecular weight is 401 g/mol. The van der Waals surface area contributed by atoms with Gasteiger partial charge in [-0.2, -0.15) is 0 Å². The van der Waals surface area contributed by atoms with Gasteiger partial charge in [-0.25, -0.2) is 8.78 Å². The van der Waals surface area contributed by atoms with Crippen LogP contribution in [0.4, 0.5) is 8.78 Å². The van der Waals surface area contributed by atoms with Gasteiger partial charge in [0.15, 0.2) is 0 Å². The lowest BCUT2D eigenvalue weighted by molar-refractivity contribution is -0.0560. The monoisotopic (exact) mass is 401 g/mol. The van der Waals surface area contributed by atoms with Gasteiger partial charge in [-0.1, -0.05) is 24.3 Å². The first-order valence-corrected chi connectivity index (χ1v) is 10.0. The average Bonchev–Trinajstić information content (AvgIpc) is 2.86. The number of carbonyl (C=O) groups is 1. The third-order valence-corrected chi connectivity index (χ3v) is 6.35. The van der Waals surface area contributed by atoms with Gasteiger partial charge in [0, 0.05) is 18.5 Å². The summed E-state index contributed by atoms with van der Waals surface area (Å²) in [5.74, 6) is -3.17. The van der Waals surface area contributed by atoms with E-state index in [1.165, 1.54) is 4.90 Å². The predicted molar refractivity (Wildman–Crippen MR) is 110 cm³/mol. The van der Waals surface area contributed by atoms with Gasteiger partial charge in [0.2, 0.25) is 0 Å². The topological polar surface area (TPSA) is 38.8 Å². The number of hydrogen-bond acceptors (Lipinski definition) is 3. The summed E-state index contributed by atoms with van der Waals surface area (Å²) >= 11 is 0. The Labute approximate surface area is 170 Å². The summed E-state index contributed by atoms with van der Waals surface area (Å²) in [7, 11) is -0.508. The van der Waals surface area contributed by atoms with Gasteiger partial charge in [0.05, 0.1) is 17.7 Å². The van der Waals surface area contributed by atoms with Gasteiger partial charge in [-0.05, 0) is 62.5 Å². The Bertz CT molecular complexity index is 944. The first kappa shape index (κ1) is 20.3. The number of halogens is 2. The fourth-order valence-electron chi connectivity index (χ4n) is 3.94. The second kappa shape index (κ2) is 6.78. The maximum absolute atomic E-state index is 13.7. The van der Waals surface area contributed by atoms with Gasteiger partial charge in [-0.15, -0.1) is 0 Å². The molecule has 2 fully saturated rings. The molecule has 2 aliphatic rings. The van der Waals surface area contributed by atoms with Gasteiger partial charge in [0.1, 0.15) is 0 Å². The summed E-state index contributed by atoms with van der Waals surface area (Å²) in [4.78, 5) is 14.0. The van der Waals surface area contributed by atoms with E-state index in [4.69, 9.17) is 9.31 Å². The summed E-state index contributed by atoms with van der Waals surface area (Å²) in [6.45, 7) is 7.86. The molecule has 0 saturated carbocycles. The third kappa shape index (κ3) is 3.66. The number of piperidine rings is 1. The molecule has 4 nitrogen and oxygen atoms in total. The molecule has 0 radical (unpaired) electrons. The SMILES string of the molecule is CC1(C)OB(c2cccc3cc(C(=O)N4CCCC(F)(F)C4)ccc23)OC1(C)C. The maximum atomic E-state index is 13.7. The molecule has 0 aromatic heterocycles. The van der Waals surface area contributed by atoms with Crippen molar-refractivity contribution in [1.29, 1.82) is 0 Å². The summed E-state index contributed by atoms with van der Waals surface area (Å²) in [6.07, 6.45) is 0.157. The largest absolute Gasteiger partial charge is 0.495 e. The smallest absolute Gasteiger partial charge is 0.399 e. The first-order valence-electron chi connectivity index (χ1n) is 10.0.